The van der Waals surface area contributed by atoms with Crippen molar-refractivity contribution in [3.8, 4) is 0 Å². The van der Waals surface area contributed by atoms with Crippen LogP contribution in [-0.2, 0) is 10.2 Å². The Kier molecular flexibility index (Phi) is 4.43. The largest absolute Gasteiger partial charge is 0.415 e. The predicted molar refractivity (Wildman–Crippen MR) is 89.2 cm³/mol. The third-order valence-corrected chi connectivity index (χ3v) is 4.62. The second kappa shape index (κ2) is 6.35. The van der Waals surface area contributed by atoms with Crippen LogP contribution in [0.2, 0.25) is 0 Å². The molecule has 1 heterocycles. The van der Waals surface area contributed by atoms with Gasteiger partial charge in [-0.1, -0.05) is 51.1 Å². The topological polar surface area (TPSA) is 68.0 Å². The molecule has 1 saturated carbocycles. The van der Waals surface area contributed by atoms with Crippen molar-refractivity contribution in [3.05, 3.63) is 41.8 Å². The Morgan fingerprint density at radius 1 is 1.26 bits per heavy atom. The highest BCUT2D eigenvalue weighted by molar-refractivity contribution is 8.00. The second-order valence-electron chi connectivity index (χ2n) is 6.81. The van der Waals surface area contributed by atoms with E-state index in [2.05, 4.69) is 15.5 Å². The maximum atomic E-state index is 12.6. The van der Waals surface area contributed by atoms with Gasteiger partial charge < -0.3 is 9.73 Å². The minimum Gasteiger partial charge on any atom is -0.415 e. The minimum atomic E-state index is -0.384. The summed E-state index contributed by atoms with van der Waals surface area (Å²) in [4.78, 5) is 12.6. The fourth-order valence-corrected chi connectivity index (χ4v) is 2.95. The third-order valence-electron chi connectivity index (χ3n) is 3.53. The molecule has 1 amide bonds. The SMILES string of the molecule is CC(C)(C)c1nnc(SC(C(=O)NC2CC2)c2ccccc2)o1. The van der Waals surface area contributed by atoms with E-state index in [0.29, 0.717) is 17.2 Å². The summed E-state index contributed by atoms with van der Waals surface area (Å²) in [5, 5.41) is 11.3. The third kappa shape index (κ3) is 4.13. The van der Waals surface area contributed by atoms with Gasteiger partial charge in [0.1, 0.15) is 5.25 Å². The van der Waals surface area contributed by atoms with E-state index in [1.54, 1.807) is 0 Å². The Morgan fingerprint density at radius 3 is 2.52 bits per heavy atom. The number of thioether (sulfide) groups is 1. The van der Waals surface area contributed by atoms with Crippen LogP contribution in [0.25, 0.3) is 0 Å². The first-order valence-electron chi connectivity index (χ1n) is 7.79. The molecule has 1 N–H and O–H groups in total. The minimum absolute atomic E-state index is 0.000733. The van der Waals surface area contributed by atoms with Crippen LogP contribution in [0.15, 0.2) is 40.0 Å². The molecule has 0 spiro atoms. The smallest absolute Gasteiger partial charge is 0.277 e. The van der Waals surface area contributed by atoms with Crippen molar-refractivity contribution >= 4 is 17.7 Å². The fraction of sp³-hybridized carbons (Fsp3) is 0.471. The van der Waals surface area contributed by atoms with Crippen molar-refractivity contribution < 1.29 is 9.21 Å². The first-order chi connectivity index (χ1) is 10.9. The number of aromatic nitrogens is 2. The molecule has 6 heteroatoms. The highest BCUT2D eigenvalue weighted by Gasteiger charge is 2.31. The summed E-state index contributed by atoms with van der Waals surface area (Å²) in [6, 6.07) is 10.0. The van der Waals surface area contributed by atoms with Gasteiger partial charge >= 0.3 is 0 Å². The molecular weight excluding hydrogens is 310 g/mol. The van der Waals surface area contributed by atoms with E-state index < -0.39 is 0 Å². The molecule has 23 heavy (non-hydrogen) atoms. The summed E-state index contributed by atoms with van der Waals surface area (Å²) in [6.07, 6.45) is 2.12. The zero-order valence-electron chi connectivity index (χ0n) is 13.6. The van der Waals surface area contributed by atoms with Gasteiger partial charge in [-0.3, -0.25) is 4.79 Å². The van der Waals surface area contributed by atoms with E-state index in [-0.39, 0.29) is 16.6 Å². The molecule has 1 unspecified atom stereocenters. The zero-order chi connectivity index (χ0) is 16.4. The summed E-state index contributed by atoms with van der Waals surface area (Å²) in [7, 11) is 0. The highest BCUT2D eigenvalue weighted by atomic mass is 32.2. The molecule has 1 aromatic carbocycles. The van der Waals surface area contributed by atoms with Crippen LogP contribution in [0.4, 0.5) is 0 Å². The number of benzene rings is 1. The normalized spacial score (nSPS) is 16.1. The van der Waals surface area contributed by atoms with E-state index in [0.717, 1.165) is 18.4 Å². The van der Waals surface area contributed by atoms with Crippen LogP contribution in [0.3, 0.4) is 0 Å². The van der Waals surface area contributed by atoms with Gasteiger partial charge in [0.2, 0.25) is 11.8 Å². The number of nitrogens with one attached hydrogen (secondary N) is 1. The zero-order valence-corrected chi connectivity index (χ0v) is 14.4. The summed E-state index contributed by atoms with van der Waals surface area (Å²) in [6.45, 7) is 6.05. The monoisotopic (exact) mass is 331 g/mol. The van der Waals surface area contributed by atoms with Gasteiger partial charge in [-0.2, -0.15) is 0 Å². The molecule has 0 bridgehead atoms. The number of amides is 1. The molecule has 0 aliphatic heterocycles. The van der Waals surface area contributed by atoms with Crippen LogP contribution < -0.4 is 5.32 Å². The van der Waals surface area contributed by atoms with Crippen molar-refractivity contribution in [1.29, 1.82) is 0 Å². The molecule has 3 rings (SSSR count). The number of carbonyl (C=O) groups is 1. The summed E-state index contributed by atoms with van der Waals surface area (Å²) < 4.78 is 5.73. The van der Waals surface area contributed by atoms with Gasteiger partial charge in [-0.25, -0.2) is 0 Å². The molecular formula is C17H21N3O2S. The summed E-state index contributed by atoms with van der Waals surface area (Å²) in [5.41, 5.74) is 0.732. The molecule has 2 aromatic rings. The van der Waals surface area contributed by atoms with E-state index >= 15 is 0 Å². The fourth-order valence-electron chi connectivity index (χ4n) is 2.07. The van der Waals surface area contributed by atoms with Crippen molar-refractivity contribution in [2.45, 2.75) is 55.5 Å². The van der Waals surface area contributed by atoms with Crippen molar-refractivity contribution in [1.82, 2.24) is 15.5 Å². The maximum Gasteiger partial charge on any atom is 0.277 e. The lowest BCUT2D eigenvalue weighted by Crippen LogP contribution is -2.29. The number of hydrogen-bond donors (Lipinski definition) is 1. The Morgan fingerprint density at radius 2 is 1.96 bits per heavy atom. The number of rotatable bonds is 5. The van der Waals surface area contributed by atoms with Gasteiger partial charge in [0.25, 0.3) is 5.22 Å². The van der Waals surface area contributed by atoms with E-state index in [4.69, 9.17) is 4.42 Å². The Labute approximate surface area is 140 Å². The number of nitrogens with zero attached hydrogens (tertiary/aromatic N) is 2. The van der Waals surface area contributed by atoms with E-state index in [9.17, 15) is 4.79 Å². The average Bonchev–Trinajstić information content (AvgIpc) is 3.18. The molecule has 1 aliphatic carbocycles. The van der Waals surface area contributed by atoms with Gasteiger partial charge in [-0.15, -0.1) is 10.2 Å². The van der Waals surface area contributed by atoms with E-state index in [1.807, 2.05) is 51.1 Å². The van der Waals surface area contributed by atoms with Crippen LogP contribution >= 0.6 is 11.8 Å². The quantitative estimate of drug-likeness (QED) is 0.850. The predicted octanol–water partition coefficient (Wildman–Crippen LogP) is 3.48. The average molecular weight is 331 g/mol. The number of carbonyl (C=O) groups excluding carboxylic acids is 1. The first-order valence-corrected chi connectivity index (χ1v) is 8.67. The summed E-state index contributed by atoms with van der Waals surface area (Å²) in [5.74, 6) is 0.577. The lowest BCUT2D eigenvalue weighted by atomic mass is 9.97. The summed E-state index contributed by atoms with van der Waals surface area (Å²) >= 11 is 1.30. The van der Waals surface area contributed by atoms with Crippen molar-refractivity contribution in [3.63, 3.8) is 0 Å². The number of hydrogen-bond acceptors (Lipinski definition) is 5. The molecule has 1 aromatic heterocycles. The molecule has 1 fully saturated rings. The van der Waals surface area contributed by atoms with Gasteiger partial charge in [0.05, 0.1) is 0 Å². The van der Waals surface area contributed by atoms with Gasteiger partial charge in [0, 0.05) is 11.5 Å². The molecule has 0 saturated heterocycles. The lowest BCUT2D eigenvalue weighted by molar-refractivity contribution is -0.120. The molecule has 122 valence electrons. The van der Waals surface area contributed by atoms with Crippen LogP contribution in [0.1, 0.15) is 50.3 Å². The molecule has 0 radical (unpaired) electrons. The Bertz CT molecular complexity index is 675. The Balaban J connectivity index is 1.80. The highest BCUT2D eigenvalue weighted by Crippen LogP contribution is 2.36. The maximum absolute atomic E-state index is 12.6. The van der Waals surface area contributed by atoms with Crippen molar-refractivity contribution in [2.24, 2.45) is 0 Å². The first kappa shape index (κ1) is 16.1. The van der Waals surface area contributed by atoms with Gasteiger partial charge in [0.15, 0.2) is 0 Å². The lowest BCUT2D eigenvalue weighted by Gasteiger charge is -2.15. The molecule has 1 atom stereocenters. The Hall–Kier alpha value is -1.82. The standard InChI is InChI=1S/C17H21N3O2S/c1-17(2,3)15-19-20-16(22-15)23-13(11-7-5-4-6-8-11)14(21)18-12-9-10-12/h4-8,12-13H,9-10H2,1-3H3,(H,18,21). The van der Waals surface area contributed by atoms with Crippen LogP contribution in [-0.4, -0.2) is 22.1 Å². The second-order valence-corrected chi connectivity index (χ2v) is 7.87. The van der Waals surface area contributed by atoms with Crippen LogP contribution in [0, 0.1) is 0 Å². The van der Waals surface area contributed by atoms with Gasteiger partial charge in [-0.05, 0) is 30.2 Å². The van der Waals surface area contributed by atoms with E-state index in [1.165, 1.54) is 11.8 Å². The molecule has 1 aliphatic rings. The van der Waals surface area contributed by atoms with Crippen LogP contribution in [0.5, 0.6) is 0 Å². The van der Waals surface area contributed by atoms with Crippen molar-refractivity contribution in [2.75, 3.05) is 0 Å². The molecule has 5 nitrogen and oxygen atoms in total.